The maximum absolute atomic E-state index is 13.6. The van der Waals surface area contributed by atoms with Crippen molar-refractivity contribution in [3.8, 4) is 17.1 Å². The molecule has 38 heavy (non-hydrogen) atoms. The van der Waals surface area contributed by atoms with Crippen LogP contribution in [0.1, 0.15) is 60.6 Å². The molecule has 0 N–H and O–H groups in total. The molecular formula is C32H42N4O2. The molecule has 0 aliphatic carbocycles. The fraction of sp³-hybridized carbons (Fsp3) is 0.469. The van der Waals surface area contributed by atoms with Crippen LogP contribution >= 0.6 is 0 Å². The Morgan fingerprint density at radius 1 is 0.947 bits per heavy atom. The van der Waals surface area contributed by atoms with Crippen molar-refractivity contribution in [3.63, 3.8) is 0 Å². The first kappa shape index (κ1) is 27.8. The molecule has 2 heterocycles. The zero-order valence-electron chi connectivity index (χ0n) is 24.2. The number of carbonyl (C=O) groups excluding carboxylic acids is 1. The number of carbonyl (C=O) groups is 1. The Hall–Kier alpha value is -3.25. The molecule has 1 aromatic heterocycles. The first-order chi connectivity index (χ1) is 17.9. The Labute approximate surface area is 228 Å². The highest BCUT2D eigenvalue weighted by Crippen LogP contribution is 2.29. The zero-order chi connectivity index (χ0) is 27.6. The van der Waals surface area contributed by atoms with E-state index in [1.165, 1.54) is 11.1 Å². The maximum Gasteiger partial charge on any atom is 0.254 e. The van der Waals surface area contributed by atoms with Crippen LogP contribution in [0.3, 0.4) is 0 Å². The molecule has 3 aromatic rings. The van der Waals surface area contributed by atoms with Gasteiger partial charge < -0.3 is 9.64 Å². The van der Waals surface area contributed by atoms with Crippen molar-refractivity contribution < 1.29 is 9.53 Å². The summed E-state index contributed by atoms with van der Waals surface area (Å²) >= 11 is 0. The Kier molecular flexibility index (Phi) is 8.22. The Morgan fingerprint density at radius 3 is 2.29 bits per heavy atom. The molecule has 4 rings (SSSR count). The van der Waals surface area contributed by atoms with Gasteiger partial charge in [0.05, 0.1) is 12.2 Å². The predicted molar refractivity (Wildman–Crippen MR) is 154 cm³/mol. The SMILES string of the molecule is Cc1cccc(C(=O)N2CCN(C(C)C(C)(C)C)C[C@@H](Oc3cc(-c4c(C)cccc4C)nc(C)n3)C2)c1. The van der Waals surface area contributed by atoms with Crippen molar-refractivity contribution in [3.05, 3.63) is 76.6 Å². The summed E-state index contributed by atoms with van der Waals surface area (Å²) in [5.74, 6) is 1.26. The van der Waals surface area contributed by atoms with Gasteiger partial charge in [0.25, 0.3) is 5.91 Å². The van der Waals surface area contributed by atoms with Crippen LogP contribution in [0.4, 0.5) is 0 Å². The summed E-state index contributed by atoms with van der Waals surface area (Å²) in [6, 6.07) is 16.4. The maximum atomic E-state index is 13.6. The van der Waals surface area contributed by atoms with Gasteiger partial charge in [-0.3, -0.25) is 9.69 Å². The minimum atomic E-state index is -0.226. The molecule has 6 nitrogen and oxygen atoms in total. The average Bonchev–Trinajstić information content (AvgIpc) is 3.04. The highest BCUT2D eigenvalue weighted by atomic mass is 16.5. The van der Waals surface area contributed by atoms with Gasteiger partial charge in [-0.05, 0) is 63.3 Å². The van der Waals surface area contributed by atoms with E-state index in [0.717, 1.165) is 35.5 Å². The predicted octanol–water partition coefficient (Wildman–Crippen LogP) is 6.02. The third kappa shape index (κ3) is 6.41. The molecular weight excluding hydrogens is 472 g/mol. The smallest absolute Gasteiger partial charge is 0.254 e. The second-order valence-electron chi connectivity index (χ2n) is 11.8. The lowest BCUT2D eigenvalue weighted by Crippen LogP contribution is -2.46. The van der Waals surface area contributed by atoms with Crippen molar-refractivity contribution in [1.82, 2.24) is 19.8 Å². The van der Waals surface area contributed by atoms with Crippen LogP contribution in [0.5, 0.6) is 5.88 Å². The van der Waals surface area contributed by atoms with Crippen molar-refractivity contribution in [2.24, 2.45) is 5.41 Å². The van der Waals surface area contributed by atoms with Gasteiger partial charge in [-0.1, -0.05) is 56.7 Å². The number of hydrogen-bond donors (Lipinski definition) is 0. The van der Waals surface area contributed by atoms with E-state index in [0.29, 0.717) is 30.8 Å². The topological polar surface area (TPSA) is 58.6 Å². The highest BCUT2D eigenvalue weighted by molar-refractivity contribution is 5.94. The summed E-state index contributed by atoms with van der Waals surface area (Å²) in [6.45, 7) is 19.9. The van der Waals surface area contributed by atoms with Gasteiger partial charge in [0.1, 0.15) is 11.9 Å². The quantitative estimate of drug-likeness (QED) is 0.417. The lowest BCUT2D eigenvalue weighted by Gasteiger charge is -2.38. The minimum Gasteiger partial charge on any atom is -0.471 e. The fourth-order valence-electron chi connectivity index (χ4n) is 5.23. The number of aryl methyl sites for hydroxylation is 4. The molecule has 1 saturated heterocycles. The molecule has 0 radical (unpaired) electrons. The Balaban J connectivity index is 1.65. The largest absolute Gasteiger partial charge is 0.471 e. The Bertz CT molecular complexity index is 1280. The van der Waals surface area contributed by atoms with E-state index in [1.807, 2.05) is 49.1 Å². The van der Waals surface area contributed by atoms with Gasteiger partial charge in [0.15, 0.2) is 0 Å². The molecule has 0 bridgehead atoms. The normalized spacial score (nSPS) is 17.7. The molecule has 202 valence electrons. The summed E-state index contributed by atoms with van der Waals surface area (Å²) in [5, 5.41) is 0. The standard InChI is InChI=1S/C32H42N4O2/c1-21-11-9-14-26(17-21)31(37)36-16-15-35(24(4)32(6,7)8)19-27(20-36)38-29-18-28(33-25(5)34-29)30-22(2)12-10-13-23(30)3/h9-14,17-18,24,27H,15-16,19-20H2,1-8H3/t24?,27-/m1/s1. The van der Waals surface area contributed by atoms with E-state index in [2.05, 4.69) is 69.6 Å². The monoisotopic (exact) mass is 514 g/mol. The van der Waals surface area contributed by atoms with E-state index >= 15 is 0 Å². The van der Waals surface area contributed by atoms with Gasteiger partial charge in [-0.25, -0.2) is 4.98 Å². The lowest BCUT2D eigenvalue weighted by molar-refractivity contribution is 0.0661. The van der Waals surface area contributed by atoms with Gasteiger partial charge >= 0.3 is 0 Å². The number of ether oxygens (including phenoxy) is 1. The van der Waals surface area contributed by atoms with E-state index < -0.39 is 0 Å². The molecule has 6 heteroatoms. The second-order valence-corrected chi connectivity index (χ2v) is 11.8. The second kappa shape index (κ2) is 11.2. The molecule has 2 aromatic carbocycles. The molecule has 2 atom stereocenters. The van der Waals surface area contributed by atoms with Gasteiger partial charge in [0.2, 0.25) is 5.88 Å². The third-order valence-electron chi connectivity index (χ3n) is 7.71. The van der Waals surface area contributed by atoms with Crippen molar-refractivity contribution >= 4 is 5.91 Å². The lowest BCUT2D eigenvalue weighted by atomic mass is 9.87. The first-order valence-corrected chi connectivity index (χ1v) is 13.6. The number of benzene rings is 2. The van der Waals surface area contributed by atoms with Crippen LogP contribution in [0.15, 0.2) is 48.5 Å². The first-order valence-electron chi connectivity index (χ1n) is 13.6. The molecule has 0 saturated carbocycles. The van der Waals surface area contributed by atoms with Gasteiger partial charge in [-0.2, -0.15) is 4.98 Å². The van der Waals surface area contributed by atoms with Crippen molar-refractivity contribution in [2.75, 3.05) is 26.2 Å². The summed E-state index contributed by atoms with van der Waals surface area (Å²) in [7, 11) is 0. The third-order valence-corrected chi connectivity index (χ3v) is 7.71. The average molecular weight is 515 g/mol. The molecule has 1 aliphatic rings. The van der Waals surface area contributed by atoms with Crippen molar-refractivity contribution in [2.45, 2.75) is 67.5 Å². The molecule has 1 fully saturated rings. The van der Waals surface area contributed by atoms with Crippen LogP contribution in [0.2, 0.25) is 0 Å². The number of hydrogen-bond acceptors (Lipinski definition) is 5. The molecule has 1 unspecified atom stereocenters. The number of rotatable bonds is 5. The van der Waals surface area contributed by atoms with E-state index in [-0.39, 0.29) is 17.4 Å². The molecule has 0 spiro atoms. The number of aromatic nitrogens is 2. The molecule has 1 aliphatic heterocycles. The van der Waals surface area contributed by atoms with Crippen LogP contribution in [0.25, 0.3) is 11.3 Å². The van der Waals surface area contributed by atoms with Crippen molar-refractivity contribution in [1.29, 1.82) is 0 Å². The summed E-state index contributed by atoms with van der Waals surface area (Å²) < 4.78 is 6.60. The van der Waals surface area contributed by atoms with E-state index in [9.17, 15) is 4.79 Å². The van der Waals surface area contributed by atoms with E-state index in [4.69, 9.17) is 9.72 Å². The summed E-state index contributed by atoms with van der Waals surface area (Å²) in [6.07, 6.45) is -0.226. The number of nitrogens with zero attached hydrogens (tertiary/aromatic N) is 4. The fourth-order valence-corrected chi connectivity index (χ4v) is 5.23. The van der Waals surface area contributed by atoms with Crippen LogP contribution in [-0.2, 0) is 0 Å². The summed E-state index contributed by atoms with van der Waals surface area (Å²) in [5.41, 5.74) is 6.22. The highest BCUT2D eigenvalue weighted by Gasteiger charge is 2.33. The summed E-state index contributed by atoms with van der Waals surface area (Å²) in [4.78, 5) is 27.3. The van der Waals surface area contributed by atoms with Crippen LogP contribution in [-0.4, -0.2) is 64.0 Å². The molecule has 1 amide bonds. The van der Waals surface area contributed by atoms with Crippen LogP contribution in [0, 0.1) is 33.1 Å². The zero-order valence-corrected chi connectivity index (χ0v) is 24.2. The van der Waals surface area contributed by atoms with E-state index in [1.54, 1.807) is 0 Å². The van der Waals surface area contributed by atoms with Gasteiger partial charge in [0, 0.05) is 42.9 Å². The van der Waals surface area contributed by atoms with Gasteiger partial charge in [-0.15, -0.1) is 0 Å². The number of amides is 1. The minimum absolute atomic E-state index is 0.0441. The Morgan fingerprint density at radius 2 is 1.63 bits per heavy atom. The van der Waals surface area contributed by atoms with Crippen LogP contribution < -0.4 is 4.74 Å².